The Balaban J connectivity index is 2.10. The number of ether oxygens (including phenoxy) is 1. The van der Waals surface area contributed by atoms with E-state index in [4.69, 9.17) is 9.84 Å². The summed E-state index contributed by atoms with van der Waals surface area (Å²) >= 11 is 0. The molecule has 2 aromatic rings. The van der Waals surface area contributed by atoms with Crippen molar-refractivity contribution in [3.8, 4) is 11.5 Å². The Labute approximate surface area is 108 Å². The van der Waals surface area contributed by atoms with Gasteiger partial charge in [-0.2, -0.15) is 0 Å². The fourth-order valence-electron chi connectivity index (χ4n) is 1.56. The summed E-state index contributed by atoms with van der Waals surface area (Å²) in [5, 5.41) is 18.0. The number of aromatic hydroxyl groups is 1. The largest absolute Gasteiger partial charge is 0.508 e. The maximum atomic E-state index is 13.6. The molecule has 0 aromatic heterocycles. The monoisotopic (exact) mass is 262 g/mol. The molecule has 0 aliphatic heterocycles. The van der Waals surface area contributed by atoms with Crippen LogP contribution in [0.1, 0.15) is 15.9 Å². The molecule has 0 aliphatic carbocycles. The molecule has 2 aromatic carbocycles. The van der Waals surface area contributed by atoms with Crippen LogP contribution in [0.15, 0.2) is 42.5 Å². The minimum atomic E-state index is -1.20. The van der Waals surface area contributed by atoms with Crippen molar-refractivity contribution in [2.75, 3.05) is 0 Å². The molecule has 0 atom stereocenters. The Morgan fingerprint density at radius 1 is 1.21 bits per heavy atom. The lowest BCUT2D eigenvalue weighted by molar-refractivity contribution is 0.0696. The summed E-state index contributed by atoms with van der Waals surface area (Å²) in [5.74, 6) is -1.87. The van der Waals surface area contributed by atoms with Crippen molar-refractivity contribution in [2.45, 2.75) is 6.61 Å². The number of phenolic OH excluding ortho intramolecular Hbond substituents is 1. The fourth-order valence-corrected chi connectivity index (χ4v) is 1.56. The molecular weight excluding hydrogens is 251 g/mol. The second-order valence-corrected chi connectivity index (χ2v) is 3.91. The van der Waals surface area contributed by atoms with E-state index in [9.17, 15) is 14.3 Å². The summed E-state index contributed by atoms with van der Waals surface area (Å²) < 4.78 is 18.8. The van der Waals surface area contributed by atoms with Crippen LogP contribution in [0.25, 0.3) is 0 Å². The molecule has 0 fully saturated rings. The quantitative estimate of drug-likeness (QED) is 0.889. The van der Waals surface area contributed by atoms with Gasteiger partial charge >= 0.3 is 5.97 Å². The Morgan fingerprint density at radius 3 is 2.63 bits per heavy atom. The van der Waals surface area contributed by atoms with Crippen LogP contribution in [0.3, 0.4) is 0 Å². The molecule has 2 rings (SSSR count). The van der Waals surface area contributed by atoms with Gasteiger partial charge in [-0.05, 0) is 35.9 Å². The lowest BCUT2D eigenvalue weighted by atomic mass is 10.2. The molecule has 0 unspecified atom stereocenters. The number of carboxylic acid groups (broad SMARTS) is 1. The smallest absolute Gasteiger partial charge is 0.335 e. The Bertz CT molecular complexity index is 610. The third kappa shape index (κ3) is 3.22. The predicted molar refractivity (Wildman–Crippen MR) is 65.8 cm³/mol. The molecule has 0 saturated carbocycles. The summed E-state index contributed by atoms with van der Waals surface area (Å²) in [4.78, 5) is 10.6. The van der Waals surface area contributed by atoms with Gasteiger partial charge in [-0.15, -0.1) is 0 Å². The number of carbonyl (C=O) groups is 1. The number of hydrogen-bond donors (Lipinski definition) is 2. The van der Waals surface area contributed by atoms with Gasteiger partial charge in [-0.25, -0.2) is 9.18 Å². The summed E-state index contributed by atoms with van der Waals surface area (Å²) in [6.45, 7) is 0.0811. The average Bonchev–Trinajstić information content (AvgIpc) is 2.37. The van der Waals surface area contributed by atoms with Crippen molar-refractivity contribution in [2.24, 2.45) is 0 Å². The molecule has 2 N–H and O–H groups in total. The first-order valence-electron chi connectivity index (χ1n) is 5.50. The molecule has 19 heavy (non-hydrogen) atoms. The number of carboxylic acids is 1. The van der Waals surface area contributed by atoms with Crippen molar-refractivity contribution < 1.29 is 24.1 Å². The van der Waals surface area contributed by atoms with Crippen molar-refractivity contribution in [1.82, 2.24) is 0 Å². The Morgan fingerprint density at radius 2 is 2.00 bits per heavy atom. The highest BCUT2D eigenvalue weighted by Gasteiger charge is 2.09. The van der Waals surface area contributed by atoms with Crippen molar-refractivity contribution in [3.63, 3.8) is 0 Å². The van der Waals surface area contributed by atoms with Gasteiger partial charge < -0.3 is 14.9 Å². The number of hydrogen-bond acceptors (Lipinski definition) is 3. The maximum absolute atomic E-state index is 13.6. The molecule has 4 nitrogen and oxygen atoms in total. The summed E-state index contributed by atoms with van der Waals surface area (Å²) in [7, 11) is 0. The van der Waals surface area contributed by atoms with Gasteiger partial charge in [-0.1, -0.05) is 12.1 Å². The van der Waals surface area contributed by atoms with Crippen LogP contribution in [0.2, 0.25) is 0 Å². The average molecular weight is 262 g/mol. The first kappa shape index (κ1) is 12.9. The second-order valence-electron chi connectivity index (χ2n) is 3.91. The Kier molecular flexibility index (Phi) is 3.66. The third-order valence-electron chi connectivity index (χ3n) is 2.48. The van der Waals surface area contributed by atoms with E-state index in [-0.39, 0.29) is 23.7 Å². The van der Waals surface area contributed by atoms with E-state index in [1.807, 2.05) is 0 Å². The van der Waals surface area contributed by atoms with Crippen LogP contribution in [0.4, 0.5) is 4.39 Å². The zero-order valence-electron chi connectivity index (χ0n) is 9.84. The van der Waals surface area contributed by atoms with Crippen molar-refractivity contribution in [1.29, 1.82) is 0 Å². The summed E-state index contributed by atoms with van der Waals surface area (Å²) in [6, 6.07) is 9.83. The van der Waals surface area contributed by atoms with Gasteiger partial charge in [-0.3, -0.25) is 0 Å². The van der Waals surface area contributed by atoms with Crippen LogP contribution in [0, 0.1) is 5.82 Å². The van der Waals surface area contributed by atoms with Crippen LogP contribution in [-0.2, 0) is 6.61 Å². The van der Waals surface area contributed by atoms with Gasteiger partial charge in [0, 0.05) is 0 Å². The normalized spacial score (nSPS) is 10.2. The molecule has 0 radical (unpaired) electrons. The van der Waals surface area contributed by atoms with Crippen LogP contribution in [0.5, 0.6) is 11.5 Å². The minimum Gasteiger partial charge on any atom is -0.508 e. The number of halogens is 1. The summed E-state index contributed by atoms with van der Waals surface area (Å²) in [6.07, 6.45) is 0. The van der Waals surface area contributed by atoms with Crippen LogP contribution < -0.4 is 4.74 Å². The van der Waals surface area contributed by atoms with Gasteiger partial charge in [0.05, 0.1) is 5.56 Å². The first-order chi connectivity index (χ1) is 9.06. The molecule has 98 valence electrons. The van der Waals surface area contributed by atoms with Gasteiger partial charge in [0.25, 0.3) is 0 Å². The van der Waals surface area contributed by atoms with E-state index in [2.05, 4.69) is 0 Å². The highest BCUT2D eigenvalue weighted by molar-refractivity contribution is 5.87. The molecule has 0 heterocycles. The molecule has 0 saturated heterocycles. The molecule has 5 heteroatoms. The van der Waals surface area contributed by atoms with Gasteiger partial charge in [0.2, 0.25) is 0 Å². The first-order valence-corrected chi connectivity index (χ1v) is 5.50. The lowest BCUT2D eigenvalue weighted by Crippen LogP contribution is -2.00. The number of phenols is 1. The second kappa shape index (κ2) is 5.39. The molecule has 0 spiro atoms. The molecule has 0 amide bonds. The number of rotatable bonds is 4. The third-order valence-corrected chi connectivity index (χ3v) is 2.48. The molecule has 0 bridgehead atoms. The zero-order chi connectivity index (χ0) is 13.8. The van der Waals surface area contributed by atoms with Gasteiger partial charge in [0.1, 0.15) is 12.4 Å². The molecular formula is C14H11FO4. The molecule has 0 aliphatic rings. The summed E-state index contributed by atoms with van der Waals surface area (Å²) in [5.41, 5.74) is 0.545. The van der Waals surface area contributed by atoms with E-state index in [1.165, 1.54) is 24.3 Å². The van der Waals surface area contributed by atoms with Crippen LogP contribution >= 0.6 is 0 Å². The highest BCUT2D eigenvalue weighted by atomic mass is 19.1. The van der Waals surface area contributed by atoms with E-state index >= 15 is 0 Å². The number of aromatic carboxylic acids is 1. The van der Waals surface area contributed by atoms with Crippen LogP contribution in [-0.4, -0.2) is 16.2 Å². The lowest BCUT2D eigenvalue weighted by Gasteiger charge is -2.08. The van der Waals surface area contributed by atoms with E-state index < -0.39 is 11.8 Å². The zero-order valence-corrected chi connectivity index (χ0v) is 9.84. The predicted octanol–water partition coefficient (Wildman–Crippen LogP) is 2.81. The SMILES string of the molecule is O=C(O)c1ccc(OCc2cccc(O)c2)c(F)c1. The topological polar surface area (TPSA) is 66.8 Å². The van der Waals surface area contributed by atoms with Crippen molar-refractivity contribution in [3.05, 3.63) is 59.4 Å². The fraction of sp³-hybridized carbons (Fsp3) is 0.0714. The van der Waals surface area contributed by atoms with E-state index in [0.717, 1.165) is 6.07 Å². The Hall–Kier alpha value is -2.56. The highest BCUT2D eigenvalue weighted by Crippen LogP contribution is 2.20. The maximum Gasteiger partial charge on any atom is 0.335 e. The minimum absolute atomic E-state index is 0.0339. The van der Waals surface area contributed by atoms with Gasteiger partial charge in [0.15, 0.2) is 11.6 Å². The van der Waals surface area contributed by atoms with E-state index in [0.29, 0.717) is 5.56 Å². The van der Waals surface area contributed by atoms with E-state index in [1.54, 1.807) is 12.1 Å². The standard InChI is InChI=1S/C14H11FO4/c15-12-7-10(14(17)18)4-5-13(12)19-8-9-2-1-3-11(16)6-9/h1-7,16H,8H2,(H,17,18). The number of benzene rings is 2. The van der Waals surface area contributed by atoms with Crippen molar-refractivity contribution >= 4 is 5.97 Å².